The molecular formula is C15H14N2. The molecule has 0 heterocycles. The molecule has 2 heteroatoms. The van der Waals surface area contributed by atoms with Crippen molar-refractivity contribution in [2.75, 3.05) is 11.9 Å². The minimum atomic E-state index is 0.676. The quantitative estimate of drug-likeness (QED) is 0.687. The fraction of sp³-hybridized carbons (Fsp3) is 0.133. The van der Waals surface area contributed by atoms with Crippen LogP contribution in [-0.2, 0) is 0 Å². The molecule has 0 saturated carbocycles. The lowest BCUT2D eigenvalue weighted by Gasteiger charge is -2.21. The normalized spacial score (nSPS) is 9.71. The highest BCUT2D eigenvalue weighted by atomic mass is 15.1. The van der Waals surface area contributed by atoms with Crippen LogP contribution in [-0.4, -0.2) is 7.05 Å². The van der Waals surface area contributed by atoms with Gasteiger partial charge in [0.2, 0.25) is 5.69 Å². The van der Waals surface area contributed by atoms with Crippen LogP contribution >= 0.6 is 0 Å². The van der Waals surface area contributed by atoms with Crippen molar-refractivity contribution in [1.82, 2.24) is 0 Å². The highest BCUT2D eigenvalue weighted by molar-refractivity contribution is 5.76. The summed E-state index contributed by atoms with van der Waals surface area (Å²) in [6, 6.07) is 15.9. The summed E-state index contributed by atoms with van der Waals surface area (Å²) in [4.78, 5) is 5.58. The van der Waals surface area contributed by atoms with Crippen LogP contribution in [0.3, 0.4) is 0 Å². The molecule has 17 heavy (non-hydrogen) atoms. The Labute approximate surface area is 102 Å². The van der Waals surface area contributed by atoms with Crippen LogP contribution in [0.5, 0.6) is 0 Å². The Morgan fingerprint density at radius 1 is 1.00 bits per heavy atom. The van der Waals surface area contributed by atoms with Gasteiger partial charge in [-0.3, -0.25) is 0 Å². The molecule has 0 N–H and O–H groups in total. The second kappa shape index (κ2) is 4.71. The molecule has 84 valence electrons. The van der Waals surface area contributed by atoms with Gasteiger partial charge in [0.05, 0.1) is 6.57 Å². The number of benzene rings is 2. The van der Waals surface area contributed by atoms with Crippen molar-refractivity contribution in [3.8, 4) is 0 Å². The van der Waals surface area contributed by atoms with Gasteiger partial charge >= 0.3 is 0 Å². The van der Waals surface area contributed by atoms with Crippen LogP contribution < -0.4 is 4.90 Å². The number of hydrogen-bond donors (Lipinski definition) is 0. The van der Waals surface area contributed by atoms with Gasteiger partial charge in [0.1, 0.15) is 0 Å². The zero-order chi connectivity index (χ0) is 12.3. The summed E-state index contributed by atoms with van der Waals surface area (Å²) in [6.45, 7) is 9.24. The van der Waals surface area contributed by atoms with Crippen LogP contribution in [0.1, 0.15) is 5.56 Å². The molecule has 2 nitrogen and oxygen atoms in total. The predicted molar refractivity (Wildman–Crippen MR) is 71.9 cm³/mol. The predicted octanol–water partition coefficient (Wildman–Crippen LogP) is 4.31. The molecule has 0 aliphatic rings. The van der Waals surface area contributed by atoms with Gasteiger partial charge < -0.3 is 4.90 Å². The summed E-state index contributed by atoms with van der Waals surface area (Å²) < 4.78 is 0. The second-order valence-corrected chi connectivity index (χ2v) is 4.00. The maximum absolute atomic E-state index is 7.17. The Morgan fingerprint density at radius 3 is 2.29 bits per heavy atom. The van der Waals surface area contributed by atoms with E-state index >= 15 is 0 Å². The van der Waals surface area contributed by atoms with E-state index in [1.807, 2.05) is 36.2 Å². The highest BCUT2D eigenvalue weighted by Gasteiger charge is 2.07. The summed E-state index contributed by atoms with van der Waals surface area (Å²) in [6.07, 6.45) is 0. The summed E-state index contributed by atoms with van der Waals surface area (Å²) in [7, 11) is 1.98. The Hall–Kier alpha value is -2.27. The van der Waals surface area contributed by atoms with E-state index in [0.29, 0.717) is 5.69 Å². The largest absolute Gasteiger partial charge is 0.354 e. The van der Waals surface area contributed by atoms with Gasteiger partial charge in [-0.25, -0.2) is 4.85 Å². The fourth-order valence-corrected chi connectivity index (χ4v) is 1.75. The zero-order valence-electron chi connectivity index (χ0n) is 10.0. The van der Waals surface area contributed by atoms with E-state index < -0.39 is 0 Å². The molecule has 0 aliphatic carbocycles. The van der Waals surface area contributed by atoms with Crippen LogP contribution in [0.2, 0.25) is 0 Å². The molecule has 0 aliphatic heterocycles. The number of anilines is 2. The first-order valence-corrected chi connectivity index (χ1v) is 5.49. The van der Waals surface area contributed by atoms with E-state index in [9.17, 15) is 0 Å². The summed E-state index contributed by atoms with van der Waals surface area (Å²) in [5, 5.41) is 0. The number of nitrogens with zero attached hydrogens (tertiary/aromatic N) is 2. The Bertz CT molecular complexity index is 550. The van der Waals surface area contributed by atoms with Gasteiger partial charge in [-0.05, 0) is 25.1 Å². The lowest BCUT2D eigenvalue weighted by molar-refractivity contribution is 1.21. The van der Waals surface area contributed by atoms with E-state index in [0.717, 1.165) is 11.4 Å². The number of aryl methyl sites for hydroxylation is 1. The number of para-hydroxylation sites is 2. The van der Waals surface area contributed by atoms with E-state index in [1.165, 1.54) is 5.56 Å². The van der Waals surface area contributed by atoms with Crippen LogP contribution in [0.25, 0.3) is 4.85 Å². The molecule has 2 aromatic carbocycles. The molecule has 2 aromatic rings. The molecular weight excluding hydrogens is 208 g/mol. The summed E-state index contributed by atoms with van der Waals surface area (Å²) in [5.41, 5.74) is 3.94. The molecule has 0 saturated heterocycles. The second-order valence-electron chi connectivity index (χ2n) is 4.00. The Kier molecular flexibility index (Phi) is 3.11. The molecule has 0 radical (unpaired) electrons. The van der Waals surface area contributed by atoms with Crippen molar-refractivity contribution in [2.24, 2.45) is 0 Å². The lowest BCUT2D eigenvalue weighted by atomic mass is 10.2. The molecule has 0 amide bonds. The first kappa shape index (κ1) is 11.2. The van der Waals surface area contributed by atoms with Crippen molar-refractivity contribution >= 4 is 17.1 Å². The maximum atomic E-state index is 7.17. The summed E-state index contributed by atoms with van der Waals surface area (Å²) in [5.74, 6) is 0. The molecule has 0 bridgehead atoms. The van der Waals surface area contributed by atoms with Crippen LogP contribution in [0.15, 0.2) is 48.5 Å². The van der Waals surface area contributed by atoms with E-state index in [4.69, 9.17) is 6.57 Å². The van der Waals surface area contributed by atoms with Gasteiger partial charge in [0.25, 0.3) is 0 Å². The SMILES string of the molecule is [C-]#[N+]c1ccccc1N(C)c1ccc(C)cc1. The van der Waals surface area contributed by atoms with Gasteiger partial charge in [0.15, 0.2) is 0 Å². The van der Waals surface area contributed by atoms with Gasteiger partial charge in [0, 0.05) is 18.4 Å². The lowest BCUT2D eigenvalue weighted by Crippen LogP contribution is -2.09. The van der Waals surface area contributed by atoms with Crippen molar-refractivity contribution in [3.63, 3.8) is 0 Å². The smallest absolute Gasteiger partial charge is 0.210 e. The van der Waals surface area contributed by atoms with Gasteiger partial charge in [-0.2, -0.15) is 0 Å². The number of hydrogen-bond acceptors (Lipinski definition) is 1. The van der Waals surface area contributed by atoms with Crippen LogP contribution in [0.4, 0.5) is 17.1 Å². The monoisotopic (exact) mass is 222 g/mol. The molecule has 2 rings (SSSR count). The molecule has 0 unspecified atom stereocenters. The topological polar surface area (TPSA) is 7.60 Å². The molecule has 0 aromatic heterocycles. The van der Waals surface area contributed by atoms with Crippen molar-refractivity contribution in [2.45, 2.75) is 6.92 Å². The minimum absolute atomic E-state index is 0.676. The molecule has 0 spiro atoms. The maximum Gasteiger partial charge on any atom is 0.210 e. The fourth-order valence-electron chi connectivity index (χ4n) is 1.75. The molecule has 0 fully saturated rings. The Morgan fingerprint density at radius 2 is 1.65 bits per heavy atom. The van der Waals surface area contributed by atoms with Gasteiger partial charge in [-0.1, -0.05) is 35.9 Å². The standard InChI is InChI=1S/C15H14N2/c1-12-8-10-13(11-9-12)17(3)15-7-5-4-6-14(15)16-2/h4-11H,1,3H3. The van der Waals surface area contributed by atoms with Crippen molar-refractivity contribution in [3.05, 3.63) is 65.5 Å². The Balaban J connectivity index is 2.40. The van der Waals surface area contributed by atoms with E-state index in [2.05, 4.69) is 36.0 Å². The van der Waals surface area contributed by atoms with Gasteiger partial charge in [-0.15, -0.1) is 0 Å². The third kappa shape index (κ3) is 2.29. The minimum Gasteiger partial charge on any atom is -0.354 e. The van der Waals surface area contributed by atoms with Crippen molar-refractivity contribution < 1.29 is 0 Å². The number of rotatable bonds is 2. The molecule has 0 atom stereocenters. The van der Waals surface area contributed by atoms with E-state index in [1.54, 1.807) is 0 Å². The van der Waals surface area contributed by atoms with Crippen LogP contribution in [0, 0.1) is 13.5 Å². The average Bonchev–Trinajstić information content (AvgIpc) is 2.39. The first-order valence-electron chi connectivity index (χ1n) is 5.49. The summed E-state index contributed by atoms with van der Waals surface area (Å²) >= 11 is 0. The third-order valence-electron chi connectivity index (χ3n) is 2.78. The first-order chi connectivity index (χ1) is 8.22. The third-order valence-corrected chi connectivity index (χ3v) is 2.78. The zero-order valence-corrected chi connectivity index (χ0v) is 10.0. The average molecular weight is 222 g/mol. The van der Waals surface area contributed by atoms with Crippen molar-refractivity contribution in [1.29, 1.82) is 0 Å². The highest BCUT2D eigenvalue weighted by Crippen LogP contribution is 2.32. The van der Waals surface area contributed by atoms with E-state index in [-0.39, 0.29) is 0 Å².